The largest absolute Gasteiger partial charge is 0.356 e. The van der Waals surface area contributed by atoms with Crippen molar-refractivity contribution in [1.82, 2.24) is 34.7 Å². The molecule has 3 aromatic rings. The topological polar surface area (TPSA) is 90.0 Å². The van der Waals surface area contributed by atoms with E-state index in [1.54, 1.807) is 4.52 Å². The van der Waals surface area contributed by atoms with Gasteiger partial charge >= 0.3 is 0 Å². The van der Waals surface area contributed by atoms with Crippen LogP contribution in [0.4, 0.5) is 0 Å². The summed E-state index contributed by atoms with van der Waals surface area (Å²) in [6.07, 6.45) is 2.60. The zero-order valence-corrected chi connectivity index (χ0v) is 15.1. The number of carbonyl (C=O) groups is 1. The highest BCUT2D eigenvalue weighted by atomic mass is 16.1. The summed E-state index contributed by atoms with van der Waals surface area (Å²) in [5.74, 6) is 0.546. The minimum absolute atomic E-state index is 0.0131. The van der Waals surface area contributed by atoms with Gasteiger partial charge in [0.15, 0.2) is 0 Å². The molecule has 3 heterocycles. The second kappa shape index (κ2) is 7.00. The van der Waals surface area contributed by atoms with E-state index in [0.717, 1.165) is 41.3 Å². The second-order valence-electron chi connectivity index (χ2n) is 6.26. The fourth-order valence-corrected chi connectivity index (χ4v) is 2.99. The van der Waals surface area contributed by atoms with Gasteiger partial charge in [-0.15, -0.1) is 0 Å². The maximum Gasteiger partial charge on any atom is 0.252 e. The van der Waals surface area contributed by atoms with Crippen LogP contribution in [-0.2, 0) is 17.8 Å². The summed E-state index contributed by atoms with van der Waals surface area (Å²) >= 11 is 0. The van der Waals surface area contributed by atoms with Crippen molar-refractivity contribution in [3.05, 3.63) is 40.7 Å². The highest BCUT2D eigenvalue weighted by Gasteiger charge is 2.14. The number of aryl methyl sites for hydroxylation is 5. The van der Waals surface area contributed by atoms with Gasteiger partial charge in [-0.25, -0.2) is 9.50 Å². The SMILES string of the molecule is Cc1cc(C)n(CCCNC(=O)Cc2c(C)nc3ncnn3c2C)n1. The fraction of sp³-hybridized carbons (Fsp3) is 0.471. The molecule has 0 spiro atoms. The van der Waals surface area contributed by atoms with E-state index in [1.165, 1.54) is 6.33 Å². The first-order valence-electron chi connectivity index (χ1n) is 8.39. The lowest BCUT2D eigenvalue weighted by Gasteiger charge is -2.11. The average Bonchev–Trinajstić information content (AvgIpc) is 3.14. The molecule has 0 bridgehead atoms. The predicted molar refractivity (Wildman–Crippen MR) is 93.3 cm³/mol. The monoisotopic (exact) mass is 341 g/mol. The van der Waals surface area contributed by atoms with Crippen LogP contribution in [0.15, 0.2) is 12.4 Å². The molecule has 0 aliphatic heterocycles. The van der Waals surface area contributed by atoms with Gasteiger partial charge in [-0.1, -0.05) is 0 Å². The van der Waals surface area contributed by atoms with Gasteiger partial charge in [0.05, 0.1) is 12.1 Å². The summed E-state index contributed by atoms with van der Waals surface area (Å²) in [7, 11) is 0. The van der Waals surface area contributed by atoms with Crippen LogP contribution in [0.3, 0.4) is 0 Å². The summed E-state index contributed by atoms with van der Waals surface area (Å²) < 4.78 is 3.64. The van der Waals surface area contributed by atoms with E-state index in [1.807, 2.05) is 32.4 Å². The predicted octanol–water partition coefficient (Wildman–Crippen LogP) is 1.30. The molecule has 0 fully saturated rings. The van der Waals surface area contributed by atoms with Gasteiger partial charge in [0, 0.05) is 35.7 Å². The molecule has 8 nitrogen and oxygen atoms in total. The van der Waals surface area contributed by atoms with Crippen molar-refractivity contribution in [2.24, 2.45) is 0 Å². The summed E-state index contributed by atoms with van der Waals surface area (Å²) in [5.41, 5.74) is 4.77. The number of amides is 1. The highest BCUT2D eigenvalue weighted by molar-refractivity contribution is 5.79. The number of nitrogens with one attached hydrogen (secondary N) is 1. The van der Waals surface area contributed by atoms with Gasteiger partial charge < -0.3 is 5.32 Å². The lowest BCUT2D eigenvalue weighted by Crippen LogP contribution is -2.28. The van der Waals surface area contributed by atoms with Gasteiger partial charge in [0.2, 0.25) is 5.91 Å². The normalized spacial score (nSPS) is 11.2. The van der Waals surface area contributed by atoms with Gasteiger partial charge in [-0.05, 0) is 40.2 Å². The van der Waals surface area contributed by atoms with E-state index < -0.39 is 0 Å². The van der Waals surface area contributed by atoms with Gasteiger partial charge in [0.1, 0.15) is 6.33 Å². The third-order valence-corrected chi connectivity index (χ3v) is 4.30. The molecule has 0 aromatic carbocycles. The molecule has 25 heavy (non-hydrogen) atoms. The van der Waals surface area contributed by atoms with E-state index in [2.05, 4.69) is 31.5 Å². The second-order valence-corrected chi connectivity index (χ2v) is 6.26. The lowest BCUT2D eigenvalue weighted by molar-refractivity contribution is -0.120. The van der Waals surface area contributed by atoms with Gasteiger partial charge in [-0.2, -0.15) is 15.2 Å². The van der Waals surface area contributed by atoms with Crippen molar-refractivity contribution in [1.29, 1.82) is 0 Å². The Kier molecular flexibility index (Phi) is 4.78. The Hall–Kier alpha value is -2.77. The first kappa shape index (κ1) is 17.1. The zero-order chi connectivity index (χ0) is 18.0. The number of hydrogen-bond donors (Lipinski definition) is 1. The molecular weight excluding hydrogens is 318 g/mol. The van der Waals surface area contributed by atoms with E-state index in [-0.39, 0.29) is 5.91 Å². The smallest absolute Gasteiger partial charge is 0.252 e. The Balaban J connectivity index is 1.55. The standard InChI is InChI=1S/C17H23N7O/c1-11-8-12(2)23(22-11)7-5-6-18-16(25)9-15-13(3)21-17-19-10-20-24(17)14(15)4/h8,10H,5-7,9H2,1-4H3,(H,18,25). The Labute approximate surface area is 146 Å². The van der Waals surface area contributed by atoms with Crippen molar-refractivity contribution in [2.45, 2.75) is 47.1 Å². The Bertz CT molecular complexity index is 909. The minimum atomic E-state index is -0.0131. The zero-order valence-electron chi connectivity index (χ0n) is 15.1. The molecule has 3 aromatic heterocycles. The van der Waals surface area contributed by atoms with Crippen molar-refractivity contribution < 1.29 is 4.79 Å². The summed E-state index contributed by atoms with van der Waals surface area (Å²) in [6, 6.07) is 2.05. The molecular formula is C17H23N7O. The molecule has 0 saturated carbocycles. The van der Waals surface area contributed by atoms with Crippen LogP contribution >= 0.6 is 0 Å². The lowest BCUT2D eigenvalue weighted by atomic mass is 10.1. The minimum Gasteiger partial charge on any atom is -0.356 e. The molecule has 0 saturated heterocycles. The van der Waals surface area contributed by atoms with Crippen LogP contribution in [0.5, 0.6) is 0 Å². The van der Waals surface area contributed by atoms with E-state index in [9.17, 15) is 4.79 Å². The van der Waals surface area contributed by atoms with Crippen LogP contribution < -0.4 is 5.32 Å². The van der Waals surface area contributed by atoms with E-state index in [4.69, 9.17) is 0 Å². The molecule has 132 valence electrons. The molecule has 1 amide bonds. The summed E-state index contributed by atoms with van der Waals surface area (Å²) in [4.78, 5) is 20.8. The van der Waals surface area contributed by atoms with Crippen molar-refractivity contribution >= 4 is 11.7 Å². The van der Waals surface area contributed by atoms with Crippen molar-refractivity contribution in [3.8, 4) is 0 Å². The highest BCUT2D eigenvalue weighted by Crippen LogP contribution is 2.13. The first-order chi connectivity index (χ1) is 12.0. The number of rotatable bonds is 6. The van der Waals surface area contributed by atoms with Crippen molar-refractivity contribution in [3.63, 3.8) is 0 Å². The Morgan fingerprint density at radius 2 is 2.04 bits per heavy atom. The molecule has 0 atom stereocenters. The molecule has 0 radical (unpaired) electrons. The summed E-state index contributed by atoms with van der Waals surface area (Å²) in [6.45, 7) is 9.26. The van der Waals surface area contributed by atoms with Crippen molar-refractivity contribution in [2.75, 3.05) is 6.54 Å². The molecule has 0 aliphatic rings. The van der Waals surface area contributed by atoms with E-state index in [0.29, 0.717) is 18.7 Å². The maximum atomic E-state index is 12.3. The summed E-state index contributed by atoms with van der Waals surface area (Å²) in [5, 5.41) is 11.5. The van der Waals surface area contributed by atoms with E-state index >= 15 is 0 Å². The molecule has 8 heteroatoms. The number of hydrogen-bond acceptors (Lipinski definition) is 5. The quantitative estimate of drug-likeness (QED) is 0.683. The first-order valence-corrected chi connectivity index (χ1v) is 8.39. The number of aromatic nitrogens is 6. The van der Waals surface area contributed by atoms with Crippen LogP contribution in [0.1, 0.15) is 34.8 Å². The molecule has 1 N–H and O–H groups in total. The third kappa shape index (κ3) is 3.67. The van der Waals surface area contributed by atoms with Gasteiger partial charge in [0.25, 0.3) is 5.78 Å². The Morgan fingerprint density at radius 3 is 2.76 bits per heavy atom. The fourth-order valence-electron chi connectivity index (χ4n) is 2.99. The number of carbonyl (C=O) groups excluding carboxylic acids is 1. The van der Waals surface area contributed by atoms with Crippen LogP contribution in [-0.4, -0.2) is 41.8 Å². The van der Waals surface area contributed by atoms with Gasteiger partial charge in [-0.3, -0.25) is 9.48 Å². The number of fused-ring (bicyclic) bond motifs is 1. The molecule has 3 rings (SSSR count). The Morgan fingerprint density at radius 1 is 1.24 bits per heavy atom. The van der Waals surface area contributed by atoms with Crippen LogP contribution in [0.25, 0.3) is 5.78 Å². The number of nitrogens with zero attached hydrogens (tertiary/aromatic N) is 6. The molecule has 0 aliphatic carbocycles. The average molecular weight is 341 g/mol. The maximum absolute atomic E-state index is 12.3. The van der Waals surface area contributed by atoms with Crippen LogP contribution in [0, 0.1) is 27.7 Å². The van der Waals surface area contributed by atoms with Crippen LogP contribution in [0.2, 0.25) is 0 Å². The third-order valence-electron chi connectivity index (χ3n) is 4.30. The molecule has 0 unspecified atom stereocenters.